The molecule has 0 aliphatic carbocycles. The van der Waals surface area contributed by atoms with Crippen LogP contribution in [-0.2, 0) is 11.8 Å². The molecule has 252 valence electrons. The number of aryl methyl sites for hydroxylation is 1. The Kier molecular flexibility index (Phi) is 5.46. The molecular formula is C49H28NO2PS. The largest absolute Gasteiger partial charge is 0.455 e. The number of hydrogen-bond acceptors (Lipinski definition) is 4. The van der Waals surface area contributed by atoms with E-state index in [0.717, 1.165) is 83.7 Å². The Bertz CT molecular complexity index is 3250. The van der Waals surface area contributed by atoms with E-state index in [2.05, 4.69) is 163 Å². The average molecular weight is 726 g/mol. The van der Waals surface area contributed by atoms with Gasteiger partial charge in [0.05, 0.1) is 39.0 Å². The lowest BCUT2D eigenvalue weighted by molar-refractivity contribution is 0.468. The molecule has 0 radical (unpaired) electrons. The Hall–Kier alpha value is -6.19. The highest BCUT2D eigenvalue weighted by molar-refractivity contribution is 8.26. The van der Waals surface area contributed by atoms with Crippen LogP contribution < -0.4 is 30.3 Å². The Morgan fingerprint density at radius 3 is 1.85 bits per heavy atom. The summed E-state index contributed by atoms with van der Waals surface area (Å²) in [6, 6.07) is 51.7. The van der Waals surface area contributed by atoms with E-state index in [1.807, 2.05) is 0 Å². The molecule has 4 aliphatic rings. The number of fused-ring (bicyclic) bond motifs is 2. The van der Waals surface area contributed by atoms with Crippen LogP contribution in [-0.4, -0.2) is 0 Å². The molecule has 0 N–H and O–H groups in total. The molecule has 0 saturated carbocycles. The summed E-state index contributed by atoms with van der Waals surface area (Å²) in [7, 11) is 0. The van der Waals surface area contributed by atoms with Crippen molar-refractivity contribution in [1.82, 2.24) is 0 Å². The van der Waals surface area contributed by atoms with Crippen molar-refractivity contribution in [3.05, 3.63) is 157 Å². The summed E-state index contributed by atoms with van der Waals surface area (Å²) in [6.45, 7) is 2.22. The summed E-state index contributed by atoms with van der Waals surface area (Å²) in [5.41, 5.74) is 11.2. The zero-order chi connectivity index (χ0) is 35.4. The maximum absolute atomic E-state index is 7.45. The maximum Gasteiger partial charge on any atom is 0.147 e. The van der Waals surface area contributed by atoms with Crippen molar-refractivity contribution < 1.29 is 9.47 Å². The third-order valence-electron chi connectivity index (χ3n) is 12.0. The van der Waals surface area contributed by atoms with Crippen LogP contribution in [0.5, 0.6) is 23.0 Å². The van der Waals surface area contributed by atoms with Gasteiger partial charge in [-0.15, -0.1) is 0 Å². The van der Waals surface area contributed by atoms with Crippen LogP contribution in [0.2, 0.25) is 0 Å². The highest BCUT2D eigenvalue weighted by Gasteiger charge is 2.53. The number of ether oxygens (including phenoxy) is 2. The maximum atomic E-state index is 7.45. The molecule has 1 unspecified atom stereocenters. The Balaban J connectivity index is 1.28. The fraction of sp³-hybridized carbons (Fsp3) is 0.0204. The fourth-order valence-electron chi connectivity index (χ4n) is 9.76. The first-order valence-corrected chi connectivity index (χ1v) is 21.2. The van der Waals surface area contributed by atoms with E-state index in [1.165, 1.54) is 43.6 Å². The minimum Gasteiger partial charge on any atom is -0.455 e. The molecule has 0 aromatic heterocycles. The standard InChI is InChI=1S/C49H28NO2PS/c1-27-17-23-36-42-33(27)20-18-31-19-21-35-40(30-15-9-4-10-16-30)46-49-44(43(35)41(31)42)50(36)37-24-22-34(29-13-7-3-8-14-29)45-47(37)53(49,54)48-38(51-45)25-32(26-39(48)52-46)28-11-5-2-6-12-28/h2-26H,1H3. The molecule has 0 amide bonds. The lowest BCUT2D eigenvalue weighted by atomic mass is 9.86. The lowest BCUT2D eigenvalue weighted by Gasteiger charge is -2.48. The van der Waals surface area contributed by atoms with E-state index in [-0.39, 0.29) is 0 Å². The molecule has 0 spiro atoms. The molecule has 0 bridgehead atoms. The van der Waals surface area contributed by atoms with Crippen LogP contribution >= 0.6 is 6.04 Å². The normalized spacial score (nSPS) is 16.3. The van der Waals surface area contributed by atoms with Gasteiger partial charge in [0.25, 0.3) is 0 Å². The minimum absolute atomic E-state index is 0.788. The van der Waals surface area contributed by atoms with Gasteiger partial charge in [-0.2, -0.15) is 0 Å². The second-order valence-electron chi connectivity index (χ2n) is 14.8. The quantitative estimate of drug-likeness (QED) is 0.134. The van der Waals surface area contributed by atoms with E-state index >= 15 is 0 Å². The molecule has 4 aliphatic heterocycles. The molecule has 0 fully saturated rings. The van der Waals surface area contributed by atoms with Gasteiger partial charge in [-0.25, -0.2) is 0 Å². The van der Waals surface area contributed by atoms with Crippen molar-refractivity contribution >= 4 is 83.1 Å². The van der Waals surface area contributed by atoms with Crippen molar-refractivity contribution in [2.24, 2.45) is 0 Å². The molecule has 0 saturated heterocycles. The van der Waals surface area contributed by atoms with Crippen LogP contribution in [0.15, 0.2) is 152 Å². The van der Waals surface area contributed by atoms with Gasteiger partial charge in [0.2, 0.25) is 0 Å². The molecule has 5 heteroatoms. The molecule has 54 heavy (non-hydrogen) atoms. The summed E-state index contributed by atoms with van der Waals surface area (Å²) < 4.78 is 14.7. The smallest absolute Gasteiger partial charge is 0.147 e. The van der Waals surface area contributed by atoms with Crippen molar-refractivity contribution in [3.8, 4) is 56.4 Å². The third kappa shape index (κ3) is 3.43. The van der Waals surface area contributed by atoms with Gasteiger partial charge < -0.3 is 14.4 Å². The summed E-state index contributed by atoms with van der Waals surface area (Å²) >= 11 is 7.45. The Labute approximate surface area is 316 Å². The molecular weight excluding hydrogens is 698 g/mol. The van der Waals surface area contributed by atoms with Gasteiger partial charge in [0, 0.05) is 27.3 Å². The summed E-state index contributed by atoms with van der Waals surface area (Å²) in [6.07, 6.45) is 0. The van der Waals surface area contributed by atoms with Crippen LogP contribution in [0.25, 0.3) is 65.7 Å². The molecule has 9 aromatic carbocycles. The van der Waals surface area contributed by atoms with Crippen LogP contribution in [0.1, 0.15) is 5.56 Å². The highest BCUT2D eigenvalue weighted by Crippen LogP contribution is 2.70. The van der Waals surface area contributed by atoms with Crippen LogP contribution in [0, 0.1) is 6.92 Å². The van der Waals surface area contributed by atoms with Crippen molar-refractivity contribution in [2.75, 3.05) is 4.90 Å². The lowest BCUT2D eigenvalue weighted by Crippen LogP contribution is -2.43. The first-order valence-electron chi connectivity index (χ1n) is 18.4. The van der Waals surface area contributed by atoms with Crippen molar-refractivity contribution in [1.29, 1.82) is 0 Å². The first-order chi connectivity index (χ1) is 26.6. The number of hydrogen-bond donors (Lipinski definition) is 0. The SMILES string of the molecule is Cc1ccc2c3c1ccc1ccc4c(-c5ccccc5)c5c6c(c4c13)N2c1ccc(-c2ccccc2)c2c1P6(=S)c1c(cc(-c3ccccc3)cc1O5)O2. The predicted molar refractivity (Wildman–Crippen MR) is 228 cm³/mol. The van der Waals surface area contributed by atoms with E-state index in [0.29, 0.717) is 0 Å². The van der Waals surface area contributed by atoms with E-state index in [9.17, 15) is 0 Å². The Morgan fingerprint density at radius 1 is 0.500 bits per heavy atom. The van der Waals surface area contributed by atoms with E-state index < -0.39 is 6.04 Å². The zero-order valence-electron chi connectivity index (χ0n) is 29.1. The number of rotatable bonds is 3. The molecule has 13 rings (SSSR count). The fourth-order valence-corrected chi connectivity index (χ4v) is 14.8. The van der Waals surface area contributed by atoms with Gasteiger partial charge in [0.15, 0.2) is 0 Å². The molecule has 3 nitrogen and oxygen atoms in total. The highest BCUT2D eigenvalue weighted by atomic mass is 32.4. The monoisotopic (exact) mass is 725 g/mol. The Morgan fingerprint density at radius 2 is 1.13 bits per heavy atom. The average Bonchev–Trinajstić information content (AvgIpc) is 3.21. The van der Waals surface area contributed by atoms with Gasteiger partial charge in [-0.3, -0.25) is 0 Å². The van der Waals surface area contributed by atoms with Gasteiger partial charge >= 0.3 is 0 Å². The van der Waals surface area contributed by atoms with Gasteiger partial charge in [-0.05, 0) is 81.2 Å². The topological polar surface area (TPSA) is 21.7 Å². The summed E-state index contributed by atoms with van der Waals surface area (Å²) in [5.74, 6) is 3.30. The molecule has 1 atom stereocenters. The van der Waals surface area contributed by atoms with Crippen molar-refractivity contribution in [2.45, 2.75) is 6.92 Å². The van der Waals surface area contributed by atoms with E-state index in [1.54, 1.807) is 0 Å². The zero-order valence-corrected chi connectivity index (χ0v) is 30.8. The third-order valence-corrected chi connectivity index (χ3v) is 16.8. The second-order valence-corrected chi connectivity index (χ2v) is 19.0. The second kappa shape index (κ2) is 10.1. The molecule has 9 aromatic rings. The first kappa shape index (κ1) is 29.3. The van der Waals surface area contributed by atoms with Gasteiger partial charge in [-0.1, -0.05) is 133 Å². The number of anilines is 3. The van der Waals surface area contributed by atoms with Crippen LogP contribution in [0.3, 0.4) is 0 Å². The minimum atomic E-state index is -2.83. The van der Waals surface area contributed by atoms with Crippen LogP contribution in [0.4, 0.5) is 17.1 Å². The van der Waals surface area contributed by atoms with Crippen molar-refractivity contribution in [3.63, 3.8) is 0 Å². The van der Waals surface area contributed by atoms with E-state index in [4.69, 9.17) is 21.3 Å². The summed E-state index contributed by atoms with van der Waals surface area (Å²) in [5, 5.41) is 10.7. The summed E-state index contributed by atoms with van der Waals surface area (Å²) in [4.78, 5) is 2.50. The molecule has 4 heterocycles. The number of benzene rings is 9. The predicted octanol–water partition coefficient (Wildman–Crippen LogP) is 12.5. The number of nitrogens with zero attached hydrogens (tertiary/aromatic N) is 1. The van der Waals surface area contributed by atoms with Gasteiger partial charge in [0.1, 0.15) is 23.0 Å².